The highest BCUT2D eigenvalue weighted by Crippen LogP contribution is 2.55. The average Bonchev–Trinajstić information content (AvgIpc) is 3.51. The molecule has 0 bridgehead atoms. The number of alkyl halides is 2. The Labute approximate surface area is 201 Å². The fourth-order valence-electron chi connectivity index (χ4n) is 5.31. The number of likely N-dealkylation sites (tertiary alicyclic amines) is 1. The van der Waals surface area contributed by atoms with Gasteiger partial charge in [-0.15, -0.1) is 23.2 Å². The first-order chi connectivity index (χ1) is 15.5. The molecular formula is C22H26Cl2N6O3. The smallest absolute Gasteiger partial charge is 0.269 e. The Balaban J connectivity index is 1.37. The zero-order chi connectivity index (χ0) is 23.8. The summed E-state index contributed by atoms with van der Waals surface area (Å²) < 4.78 is 0.690. The molecule has 5 atom stereocenters. The Kier molecular flexibility index (Phi) is 5.13. The molecule has 11 heteroatoms. The van der Waals surface area contributed by atoms with Gasteiger partial charge in [-0.2, -0.15) is 5.10 Å². The van der Waals surface area contributed by atoms with Crippen LogP contribution >= 0.6 is 23.2 Å². The maximum Gasteiger partial charge on any atom is 0.269 e. The van der Waals surface area contributed by atoms with Gasteiger partial charge in [0.05, 0.1) is 11.2 Å². The molecule has 2 aromatic heterocycles. The van der Waals surface area contributed by atoms with E-state index in [4.69, 9.17) is 28.9 Å². The average molecular weight is 493 g/mol. The SMILES string of the molecule is Cc1cc2c(C(N)=O)nn(CC(=O)N3C4C[C@@H]4C[C@H]3C(=O)N[C@H](C)[C@H]3CC3(Cl)Cl)c2c(C)n1. The lowest BCUT2D eigenvalue weighted by Gasteiger charge is -2.28. The summed E-state index contributed by atoms with van der Waals surface area (Å²) in [6, 6.07) is 1.09. The first-order valence-corrected chi connectivity index (χ1v) is 11.9. The minimum absolute atomic E-state index is 0.00599. The van der Waals surface area contributed by atoms with Gasteiger partial charge in [-0.25, -0.2) is 0 Å². The lowest BCUT2D eigenvalue weighted by Crippen LogP contribution is -2.51. The highest BCUT2D eigenvalue weighted by molar-refractivity contribution is 6.51. The molecule has 0 spiro atoms. The van der Waals surface area contributed by atoms with Gasteiger partial charge in [-0.1, -0.05) is 0 Å². The van der Waals surface area contributed by atoms with Gasteiger partial charge in [0.2, 0.25) is 11.8 Å². The van der Waals surface area contributed by atoms with E-state index in [0.717, 1.165) is 12.1 Å². The molecule has 3 amide bonds. The van der Waals surface area contributed by atoms with E-state index in [2.05, 4.69) is 15.4 Å². The summed E-state index contributed by atoms with van der Waals surface area (Å²) in [5.41, 5.74) is 7.62. The third-order valence-electron chi connectivity index (χ3n) is 7.09. The van der Waals surface area contributed by atoms with E-state index in [1.807, 2.05) is 13.8 Å². The van der Waals surface area contributed by atoms with Crippen LogP contribution in [0.15, 0.2) is 6.07 Å². The van der Waals surface area contributed by atoms with Crippen molar-refractivity contribution < 1.29 is 14.4 Å². The van der Waals surface area contributed by atoms with Crippen LogP contribution in [0.2, 0.25) is 0 Å². The quantitative estimate of drug-likeness (QED) is 0.595. The number of fused-ring (bicyclic) bond motifs is 2. The molecule has 3 aliphatic rings. The van der Waals surface area contributed by atoms with E-state index >= 15 is 0 Å². The van der Waals surface area contributed by atoms with Crippen LogP contribution < -0.4 is 11.1 Å². The molecule has 33 heavy (non-hydrogen) atoms. The Morgan fingerprint density at radius 2 is 2.00 bits per heavy atom. The predicted octanol–water partition coefficient (Wildman–Crippen LogP) is 1.83. The normalized spacial score (nSPS) is 27.8. The molecule has 3 fully saturated rings. The molecule has 3 N–H and O–H groups in total. The molecule has 3 heterocycles. The predicted molar refractivity (Wildman–Crippen MR) is 123 cm³/mol. The minimum atomic E-state index is -0.788. The Hall–Kier alpha value is -2.39. The van der Waals surface area contributed by atoms with Gasteiger partial charge in [0.25, 0.3) is 5.91 Å². The topological polar surface area (TPSA) is 123 Å². The number of hydrogen-bond acceptors (Lipinski definition) is 5. The number of halogens is 2. The van der Waals surface area contributed by atoms with Gasteiger partial charge < -0.3 is 16.0 Å². The number of rotatable bonds is 6. The number of piperidine rings is 1. The first kappa shape index (κ1) is 22.4. The largest absolute Gasteiger partial charge is 0.364 e. The Morgan fingerprint density at radius 1 is 1.30 bits per heavy atom. The molecule has 5 rings (SSSR count). The number of nitrogens with zero attached hydrogens (tertiary/aromatic N) is 4. The standard InChI is InChI=1S/C22H26Cl2N6O3/c1-9-4-13-18(20(25)32)28-29(19(13)11(3)26-9)8-17(31)30-15-5-12(15)6-16(30)21(33)27-10(2)14-7-22(14,23)24/h4,10,12,14-16H,5-8H2,1-3H3,(H2,25,32)(H,27,33)/t10-,12-,14-,15?,16+/m1/s1. The molecule has 2 saturated carbocycles. The van der Waals surface area contributed by atoms with E-state index in [-0.39, 0.29) is 42.1 Å². The third kappa shape index (κ3) is 3.85. The molecule has 2 aliphatic carbocycles. The number of amides is 3. The third-order valence-corrected chi connectivity index (χ3v) is 7.96. The number of aryl methyl sites for hydroxylation is 2. The van der Waals surface area contributed by atoms with E-state index in [9.17, 15) is 14.4 Å². The van der Waals surface area contributed by atoms with Crippen molar-refractivity contribution in [2.75, 3.05) is 0 Å². The fraction of sp³-hybridized carbons (Fsp3) is 0.591. The van der Waals surface area contributed by atoms with E-state index in [1.54, 1.807) is 17.9 Å². The van der Waals surface area contributed by atoms with Gasteiger partial charge in [0, 0.05) is 29.1 Å². The molecule has 9 nitrogen and oxygen atoms in total. The van der Waals surface area contributed by atoms with Crippen molar-refractivity contribution in [3.8, 4) is 0 Å². The summed E-state index contributed by atoms with van der Waals surface area (Å²) >= 11 is 12.3. The van der Waals surface area contributed by atoms with E-state index in [1.165, 1.54) is 4.68 Å². The number of aromatic nitrogens is 3. The van der Waals surface area contributed by atoms with Crippen LogP contribution in [0.1, 0.15) is 48.1 Å². The first-order valence-electron chi connectivity index (χ1n) is 11.1. The minimum Gasteiger partial charge on any atom is -0.364 e. The number of primary amides is 1. The van der Waals surface area contributed by atoms with Crippen LogP contribution in [-0.2, 0) is 16.1 Å². The zero-order valence-corrected chi connectivity index (χ0v) is 20.2. The highest BCUT2D eigenvalue weighted by Gasteiger charge is 2.58. The Morgan fingerprint density at radius 3 is 2.64 bits per heavy atom. The Bertz CT molecular complexity index is 1190. The summed E-state index contributed by atoms with van der Waals surface area (Å²) in [4.78, 5) is 44.5. The summed E-state index contributed by atoms with van der Waals surface area (Å²) in [6.45, 7) is 5.41. The van der Waals surface area contributed by atoms with Gasteiger partial charge in [-0.3, -0.25) is 24.0 Å². The molecule has 0 radical (unpaired) electrons. The molecule has 2 aromatic rings. The van der Waals surface area contributed by atoms with Crippen molar-refractivity contribution in [1.82, 2.24) is 25.0 Å². The number of hydrogen-bond donors (Lipinski definition) is 2. The van der Waals surface area contributed by atoms with Crippen LogP contribution in [-0.4, -0.2) is 59.8 Å². The van der Waals surface area contributed by atoms with Crippen molar-refractivity contribution in [2.45, 2.75) is 69.0 Å². The number of nitrogens with two attached hydrogens (primary N) is 1. The van der Waals surface area contributed by atoms with Crippen molar-refractivity contribution in [3.05, 3.63) is 23.1 Å². The molecule has 1 saturated heterocycles. The summed E-state index contributed by atoms with van der Waals surface area (Å²) in [5.74, 6) is -0.728. The second kappa shape index (κ2) is 7.56. The van der Waals surface area contributed by atoms with Gasteiger partial charge >= 0.3 is 0 Å². The monoisotopic (exact) mass is 492 g/mol. The second-order valence-corrected chi connectivity index (χ2v) is 11.1. The zero-order valence-electron chi connectivity index (χ0n) is 18.6. The van der Waals surface area contributed by atoms with Crippen LogP contribution in [0, 0.1) is 25.7 Å². The summed E-state index contributed by atoms with van der Waals surface area (Å²) in [7, 11) is 0. The second-order valence-electron chi connectivity index (χ2n) is 9.60. The molecule has 1 aliphatic heterocycles. The maximum absolute atomic E-state index is 13.4. The molecule has 176 valence electrons. The highest BCUT2D eigenvalue weighted by atomic mass is 35.5. The number of carbonyl (C=O) groups is 3. The lowest BCUT2D eigenvalue weighted by atomic mass is 10.1. The lowest BCUT2D eigenvalue weighted by molar-refractivity contribution is -0.140. The van der Waals surface area contributed by atoms with Crippen molar-refractivity contribution >= 4 is 51.8 Å². The molecular weight excluding hydrogens is 467 g/mol. The van der Waals surface area contributed by atoms with Crippen molar-refractivity contribution in [2.24, 2.45) is 17.6 Å². The fourth-order valence-corrected chi connectivity index (χ4v) is 6.02. The van der Waals surface area contributed by atoms with Crippen LogP contribution in [0.5, 0.6) is 0 Å². The van der Waals surface area contributed by atoms with Gasteiger partial charge in [0.1, 0.15) is 16.9 Å². The van der Waals surface area contributed by atoms with Crippen LogP contribution in [0.25, 0.3) is 10.9 Å². The van der Waals surface area contributed by atoms with Gasteiger partial charge in [0.15, 0.2) is 5.69 Å². The van der Waals surface area contributed by atoms with E-state index in [0.29, 0.717) is 35.4 Å². The number of nitrogens with one attached hydrogen (secondary N) is 1. The van der Waals surface area contributed by atoms with Crippen LogP contribution in [0.4, 0.5) is 0 Å². The van der Waals surface area contributed by atoms with Gasteiger partial charge in [-0.05, 0) is 52.0 Å². The summed E-state index contributed by atoms with van der Waals surface area (Å²) in [5, 5.41) is 7.90. The van der Waals surface area contributed by atoms with Crippen LogP contribution in [0.3, 0.4) is 0 Å². The number of pyridine rings is 1. The maximum atomic E-state index is 13.4. The summed E-state index contributed by atoms with van der Waals surface area (Å²) in [6.07, 6.45) is 2.17. The van der Waals surface area contributed by atoms with E-state index < -0.39 is 16.3 Å². The number of carbonyl (C=O) groups excluding carboxylic acids is 3. The molecule has 0 aromatic carbocycles. The molecule has 1 unspecified atom stereocenters. The van der Waals surface area contributed by atoms with Crippen molar-refractivity contribution in [1.29, 1.82) is 0 Å². The van der Waals surface area contributed by atoms with Crippen molar-refractivity contribution in [3.63, 3.8) is 0 Å².